The molecule has 0 saturated carbocycles. The van der Waals surface area contributed by atoms with Crippen LogP contribution in [0, 0.1) is 6.92 Å². The molecule has 140 valence electrons. The first-order valence-electron chi connectivity index (χ1n) is 8.46. The maximum absolute atomic E-state index is 12.6. The standard InChI is InChI=1S/C20H24ClNO4/c1-5-6-9-26-17-8-7-14(11-19(17)25-4)20(23)22-16-10-13(2)15(21)12-18(16)24-3/h7-8,10-12H,5-6,9H2,1-4H3,(H,22,23). The Bertz CT molecular complexity index is 777. The Kier molecular flexibility index (Phi) is 7.16. The molecule has 0 atom stereocenters. The number of anilines is 1. The molecule has 1 amide bonds. The van der Waals surface area contributed by atoms with E-state index in [4.69, 9.17) is 25.8 Å². The average molecular weight is 378 g/mol. The van der Waals surface area contributed by atoms with Gasteiger partial charge in [-0.3, -0.25) is 4.79 Å². The van der Waals surface area contributed by atoms with Crippen molar-refractivity contribution in [3.05, 3.63) is 46.5 Å². The molecule has 0 aliphatic carbocycles. The van der Waals surface area contributed by atoms with Gasteiger partial charge >= 0.3 is 0 Å². The largest absolute Gasteiger partial charge is 0.495 e. The summed E-state index contributed by atoms with van der Waals surface area (Å²) in [5.41, 5.74) is 1.86. The molecule has 2 aromatic rings. The van der Waals surface area contributed by atoms with E-state index in [1.807, 2.05) is 6.92 Å². The average Bonchev–Trinajstić information content (AvgIpc) is 2.64. The molecule has 26 heavy (non-hydrogen) atoms. The first-order valence-corrected chi connectivity index (χ1v) is 8.84. The molecule has 0 aliphatic heterocycles. The van der Waals surface area contributed by atoms with Crippen molar-refractivity contribution in [1.29, 1.82) is 0 Å². The second kappa shape index (κ2) is 9.34. The lowest BCUT2D eigenvalue weighted by atomic mass is 10.1. The molecule has 0 spiro atoms. The number of unbranched alkanes of at least 4 members (excludes halogenated alkanes) is 1. The Morgan fingerprint density at radius 1 is 1.08 bits per heavy atom. The van der Waals surface area contributed by atoms with Gasteiger partial charge in [0.05, 0.1) is 26.5 Å². The van der Waals surface area contributed by atoms with Crippen LogP contribution in [0.2, 0.25) is 5.02 Å². The first kappa shape index (κ1) is 19.9. The minimum atomic E-state index is -0.275. The number of amides is 1. The van der Waals surface area contributed by atoms with Crippen molar-refractivity contribution in [3.63, 3.8) is 0 Å². The molecule has 0 radical (unpaired) electrons. The normalized spacial score (nSPS) is 10.3. The highest BCUT2D eigenvalue weighted by Gasteiger charge is 2.14. The van der Waals surface area contributed by atoms with Crippen LogP contribution in [0.1, 0.15) is 35.7 Å². The maximum Gasteiger partial charge on any atom is 0.255 e. The summed E-state index contributed by atoms with van der Waals surface area (Å²) in [6.07, 6.45) is 2.01. The maximum atomic E-state index is 12.6. The lowest BCUT2D eigenvalue weighted by molar-refractivity contribution is 0.102. The van der Waals surface area contributed by atoms with Crippen molar-refractivity contribution in [3.8, 4) is 17.2 Å². The van der Waals surface area contributed by atoms with E-state index in [0.29, 0.717) is 40.1 Å². The number of carbonyl (C=O) groups excluding carboxylic acids is 1. The van der Waals surface area contributed by atoms with Crippen molar-refractivity contribution in [2.24, 2.45) is 0 Å². The van der Waals surface area contributed by atoms with Gasteiger partial charge in [0, 0.05) is 16.7 Å². The van der Waals surface area contributed by atoms with E-state index in [1.54, 1.807) is 37.4 Å². The lowest BCUT2D eigenvalue weighted by Gasteiger charge is -2.14. The van der Waals surface area contributed by atoms with Crippen LogP contribution in [0.5, 0.6) is 17.2 Å². The molecular weight excluding hydrogens is 354 g/mol. The molecule has 1 N–H and O–H groups in total. The molecule has 5 nitrogen and oxygen atoms in total. The van der Waals surface area contributed by atoms with Crippen molar-refractivity contribution >= 4 is 23.2 Å². The molecule has 0 aromatic heterocycles. The fourth-order valence-corrected chi connectivity index (χ4v) is 2.53. The van der Waals surface area contributed by atoms with E-state index in [9.17, 15) is 4.79 Å². The SMILES string of the molecule is CCCCOc1ccc(C(=O)Nc2cc(C)c(Cl)cc2OC)cc1OC. The van der Waals surface area contributed by atoms with Gasteiger partial charge in [0.15, 0.2) is 11.5 Å². The number of rotatable bonds is 8. The Morgan fingerprint density at radius 3 is 2.46 bits per heavy atom. The summed E-state index contributed by atoms with van der Waals surface area (Å²) in [6.45, 7) is 4.57. The number of ether oxygens (including phenoxy) is 3. The Hall–Kier alpha value is -2.40. The van der Waals surface area contributed by atoms with Gasteiger partial charge in [-0.15, -0.1) is 0 Å². The third-order valence-electron chi connectivity index (χ3n) is 3.91. The van der Waals surface area contributed by atoms with Gasteiger partial charge in [0.2, 0.25) is 0 Å². The van der Waals surface area contributed by atoms with E-state index in [-0.39, 0.29) is 5.91 Å². The van der Waals surface area contributed by atoms with Crippen LogP contribution in [0.4, 0.5) is 5.69 Å². The monoisotopic (exact) mass is 377 g/mol. The molecular formula is C20H24ClNO4. The minimum Gasteiger partial charge on any atom is -0.495 e. The summed E-state index contributed by atoms with van der Waals surface area (Å²) in [7, 11) is 3.08. The van der Waals surface area contributed by atoms with Crippen LogP contribution in [0.15, 0.2) is 30.3 Å². The zero-order valence-electron chi connectivity index (χ0n) is 15.5. The van der Waals surface area contributed by atoms with E-state index in [1.165, 1.54) is 7.11 Å². The predicted molar refractivity (Wildman–Crippen MR) is 104 cm³/mol. The van der Waals surface area contributed by atoms with Crippen molar-refractivity contribution in [1.82, 2.24) is 0 Å². The van der Waals surface area contributed by atoms with E-state index < -0.39 is 0 Å². The summed E-state index contributed by atoms with van der Waals surface area (Å²) >= 11 is 6.10. The molecule has 0 saturated heterocycles. The lowest BCUT2D eigenvalue weighted by Crippen LogP contribution is -2.13. The second-order valence-electron chi connectivity index (χ2n) is 5.82. The molecule has 0 bridgehead atoms. The topological polar surface area (TPSA) is 56.8 Å². The van der Waals surface area contributed by atoms with Gasteiger partial charge in [-0.25, -0.2) is 0 Å². The fourth-order valence-electron chi connectivity index (χ4n) is 2.38. The van der Waals surface area contributed by atoms with Crippen LogP contribution in [-0.2, 0) is 0 Å². The first-order chi connectivity index (χ1) is 12.5. The number of benzene rings is 2. The number of methoxy groups -OCH3 is 2. The van der Waals surface area contributed by atoms with Crippen LogP contribution in [0.3, 0.4) is 0 Å². The smallest absolute Gasteiger partial charge is 0.255 e. The summed E-state index contributed by atoms with van der Waals surface area (Å²) in [6, 6.07) is 8.56. The molecule has 0 aliphatic rings. The summed E-state index contributed by atoms with van der Waals surface area (Å²) in [5, 5.41) is 3.43. The van der Waals surface area contributed by atoms with Crippen LogP contribution < -0.4 is 19.5 Å². The zero-order chi connectivity index (χ0) is 19.1. The third kappa shape index (κ3) is 4.82. The van der Waals surface area contributed by atoms with E-state index in [2.05, 4.69) is 12.2 Å². The van der Waals surface area contributed by atoms with Gasteiger partial charge < -0.3 is 19.5 Å². The minimum absolute atomic E-state index is 0.275. The van der Waals surface area contributed by atoms with Gasteiger partial charge in [-0.05, 0) is 43.2 Å². The Morgan fingerprint density at radius 2 is 1.81 bits per heavy atom. The van der Waals surface area contributed by atoms with Crippen molar-refractivity contribution in [2.75, 3.05) is 26.1 Å². The van der Waals surface area contributed by atoms with Crippen molar-refractivity contribution < 1.29 is 19.0 Å². The van der Waals surface area contributed by atoms with Gasteiger partial charge in [-0.1, -0.05) is 24.9 Å². The number of hydrogen-bond acceptors (Lipinski definition) is 4. The van der Waals surface area contributed by atoms with E-state index in [0.717, 1.165) is 18.4 Å². The Labute approximate surface area is 159 Å². The summed E-state index contributed by atoms with van der Waals surface area (Å²) in [5.74, 6) is 1.37. The third-order valence-corrected chi connectivity index (χ3v) is 4.32. The number of hydrogen-bond donors (Lipinski definition) is 1. The second-order valence-corrected chi connectivity index (χ2v) is 6.23. The predicted octanol–water partition coefficient (Wildman–Crippen LogP) is 5.10. The number of nitrogens with one attached hydrogen (secondary N) is 1. The van der Waals surface area contributed by atoms with Crippen molar-refractivity contribution in [2.45, 2.75) is 26.7 Å². The molecule has 0 fully saturated rings. The number of aryl methyl sites for hydroxylation is 1. The Balaban J connectivity index is 2.21. The highest BCUT2D eigenvalue weighted by atomic mass is 35.5. The summed E-state index contributed by atoms with van der Waals surface area (Å²) < 4.78 is 16.3. The van der Waals surface area contributed by atoms with Crippen LogP contribution in [0.25, 0.3) is 0 Å². The van der Waals surface area contributed by atoms with E-state index >= 15 is 0 Å². The number of carbonyl (C=O) groups is 1. The van der Waals surface area contributed by atoms with Gasteiger partial charge in [0.1, 0.15) is 5.75 Å². The molecule has 2 aromatic carbocycles. The van der Waals surface area contributed by atoms with Crippen LogP contribution in [-0.4, -0.2) is 26.7 Å². The van der Waals surface area contributed by atoms with Gasteiger partial charge in [-0.2, -0.15) is 0 Å². The fraction of sp³-hybridized carbons (Fsp3) is 0.350. The zero-order valence-corrected chi connectivity index (χ0v) is 16.3. The molecule has 2 rings (SSSR count). The highest BCUT2D eigenvalue weighted by Crippen LogP contribution is 2.32. The molecule has 0 unspecified atom stereocenters. The quantitative estimate of drug-likeness (QED) is 0.650. The summed E-state index contributed by atoms with van der Waals surface area (Å²) in [4.78, 5) is 12.6. The molecule has 0 heterocycles. The molecule has 6 heteroatoms. The highest BCUT2D eigenvalue weighted by molar-refractivity contribution is 6.31. The van der Waals surface area contributed by atoms with Gasteiger partial charge in [0.25, 0.3) is 5.91 Å². The van der Waals surface area contributed by atoms with Crippen LogP contribution >= 0.6 is 11.6 Å². The number of halogens is 1.